The number of hydrogen-bond donors (Lipinski definition) is 2. The van der Waals surface area contributed by atoms with Gasteiger partial charge < -0.3 is 25.0 Å². The van der Waals surface area contributed by atoms with Crippen molar-refractivity contribution in [1.29, 1.82) is 0 Å². The molecular weight excluding hydrogens is 365 g/mol. The minimum atomic E-state index is -0.278. The lowest BCUT2D eigenvalue weighted by atomic mass is 10.1. The molecule has 2 N–H and O–H groups in total. The first-order valence-corrected chi connectivity index (χ1v) is 8.29. The number of nitrogens with zero attached hydrogens (tertiary/aromatic N) is 1. The molecule has 25 heavy (non-hydrogen) atoms. The van der Waals surface area contributed by atoms with E-state index >= 15 is 0 Å². The molecule has 3 rings (SSSR count). The van der Waals surface area contributed by atoms with Gasteiger partial charge >= 0.3 is 0 Å². The van der Waals surface area contributed by atoms with Crippen molar-refractivity contribution in [3.05, 3.63) is 29.8 Å². The standard InChI is InChI=1S/C17H25N3O3.2ClH/c1-13-16(18-6-9-23-13)17(21)19-12-14-4-2-3-5-15(14)20-7-10-22-11-8-20;;/h2-5,13,16,18H,6-12H2,1H3,(H,19,21);2*1H/t13-,16+;;/m1../s1. The minimum Gasteiger partial charge on any atom is -0.378 e. The van der Waals surface area contributed by atoms with Crippen molar-refractivity contribution in [1.82, 2.24) is 10.6 Å². The van der Waals surface area contributed by atoms with Crippen molar-refractivity contribution in [3.63, 3.8) is 0 Å². The number of anilines is 1. The maximum absolute atomic E-state index is 12.4. The van der Waals surface area contributed by atoms with Crippen LogP contribution >= 0.6 is 24.8 Å². The van der Waals surface area contributed by atoms with E-state index in [4.69, 9.17) is 9.47 Å². The molecule has 1 aromatic rings. The Kier molecular flexibility index (Phi) is 9.53. The Bertz CT molecular complexity index is 542. The van der Waals surface area contributed by atoms with Gasteiger partial charge in [0, 0.05) is 31.9 Å². The Balaban J connectivity index is 0.00000156. The lowest BCUT2D eigenvalue weighted by Crippen LogP contribution is -2.55. The summed E-state index contributed by atoms with van der Waals surface area (Å²) in [5.41, 5.74) is 2.31. The molecule has 2 atom stereocenters. The van der Waals surface area contributed by atoms with Crippen LogP contribution < -0.4 is 15.5 Å². The van der Waals surface area contributed by atoms with Crippen molar-refractivity contribution >= 4 is 36.4 Å². The predicted octanol–water partition coefficient (Wildman–Crippen LogP) is 1.36. The van der Waals surface area contributed by atoms with Gasteiger partial charge in [-0.25, -0.2) is 0 Å². The largest absolute Gasteiger partial charge is 0.378 e. The molecule has 8 heteroatoms. The molecule has 0 aliphatic carbocycles. The Hall–Kier alpha value is -1.05. The monoisotopic (exact) mass is 391 g/mol. The van der Waals surface area contributed by atoms with Crippen LogP contribution in [0.3, 0.4) is 0 Å². The number of amides is 1. The molecule has 0 bridgehead atoms. The highest BCUT2D eigenvalue weighted by Gasteiger charge is 2.28. The van der Waals surface area contributed by atoms with Gasteiger partial charge in [-0.2, -0.15) is 0 Å². The number of ether oxygens (including phenoxy) is 2. The van der Waals surface area contributed by atoms with E-state index in [9.17, 15) is 4.79 Å². The number of benzene rings is 1. The average molecular weight is 392 g/mol. The van der Waals surface area contributed by atoms with Crippen LogP contribution in [0.2, 0.25) is 0 Å². The zero-order valence-corrected chi connectivity index (χ0v) is 16.0. The number of carbonyl (C=O) groups is 1. The molecule has 2 aliphatic heterocycles. The van der Waals surface area contributed by atoms with E-state index in [1.54, 1.807) is 0 Å². The lowest BCUT2D eigenvalue weighted by Gasteiger charge is -2.31. The van der Waals surface area contributed by atoms with Gasteiger partial charge in [-0.1, -0.05) is 18.2 Å². The first-order valence-electron chi connectivity index (χ1n) is 8.29. The predicted molar refractivity (Wildman–Crippen MR) is 103 cm³/mol. The van der Waals surface area contributed by atoms with Crippen LogP contribution in [-0.2, 0) is 20.8 Å². The highest BCUT2D eigenvalue weighted by atomic mass is 35.5. The normalized spacial score (nSPS) is 23.2. The van der Waals surface area contributed by atoms with E-state index < -0.39 is 0 Å². The summed E-state index contributed by atoms with van der Waals surface area (Å²) in [7, 11) is 0. The van der Waals surface area contributed by atoms with Crippen LogP contribution in [0, 0.1) is 0 Å². The van der Waals surface area contributed by atoms with Gasteiger partial charge in [-0.15, -0.1) is 24.8 Å². The summed E-state index contributed by atoms with van der Waals surface area (Å²) in [4.78, 5) is 14.7. The number of para-hydroxylation sites is 1. The highest BCUT2D eigenvalue weighted by Crippen LogP contribution is 2.21. The second-order valence-electron chi connectivity index (χ2n) is 5.95. The molecule has 2 heterocycles. The van der Waals surface area contributed by atoms with E-state index in [-0.39, 0.29) is 42.9 Å². The van der Waals surface area contributed by atoms with E-state index in [0.29, 0.717) is 19.7 Å². The van der Waals surface area contributed by atoms with Crippen LogP contribution in [0.4, 0.5) is 5.69 Å². The summed E-state index contributed by atoms with van der Waals surface area (Å²) in [6.45, 7) is 7.11. The molecule has 2 saturated heterocycles. The maximum Gasteiger partial charge on any atom is 0.240 e. The van der Waals surface area contributed by atoms with Gasteiger partial charge in [-0.3, -0.25) is 4.79 Å². The number of hydrogen-bond acceptors (Lipinski definition) is 5. The van der Waals surface area contributed by atoms with Gasteiger partial charge in [0.1, 0.15) is 6.04 Å². The van der Waals surface area contributed by atoms with E-state index in [0.717, 1.165) is 31.9 Å². The fraction of sp³-hybridized carbons (Fsp3) is 0.588. The van der Waals surface area contributed by atoms with E-state index in [2.05, 4.69) is 27.7 Å². The number of morpholine rings is 2. The average Bonchev–Trinajstić information content (AvgIpc) is 2.61. The molecule has 142 valence electrons. The molecule has 6 nitrogen and oxygen atoms in total. The third kappa shape index (κ3) is 5.72. The SMILES string of the molecule is C[C@H]1OCCN[C@@H]1C(=O)NCc1ccccc1N1CCOCC1.Cl.Cl. The van der Waals surface area contributed by atoms with Gasteiger partial charge in [0.05, 0.1) is 25.9 Å². The quantitative estimate of drug-likeness (QED) is 0.811. The molecule has 0 spiro atoms. The Morgan fingerprint density at radius 1 is 1.24 bits per heavy atom. The van der Waals surface area contributed by atoms with Gasteiger partial charge in [0.2, 0.25) is 5.91 Å². The van der Waals surface area contributed by atoms with Gasteiger partial charge in [-0.05, 0) is 18.6 Å². The summed E-state index contributed by atoms with van der Waals surface area (Å²) < 4.78 is 11.0. The number of carbonyl (C=O) groups excluding carboxylic acids is 1. The highest BCUT2D eigenvalue weighted by molar-refractivity contribution is 5.85. The molecule has 0 aromatic heterocycles. The third-order valence-corrected chi connectivity index (χ3v) is 4.40. The van der Waals surface area contributed by atoms with Gasteiger partial charge in [0.25, 0.3) is 0 Å². The summed E-state index contributed by atoms with van der Waals surface area (Å²) in [5.74, 6) is -0.00557. The number of rotatable bonds is 4. The van der Waals surface area contributed by atoms with Crippen LogP contribution in [-0.4, -0.2) is 57.5 Å². The Morgan fingerprint density at radius 2 is 1.96 bits per heavy atom. The van der Waals surface area contributed by atoms with E-state index in [1.165, 1.54) is 5.69 Å². The number of nitrogens with one attached hydrogen (secondary N) is 2. The topological polar surface area (TPSA) is 62.8 Å². The maximum atomic E-state index is 12.4. The molecule has 2 aliphatic rings. The fourth-order valence-corrected chi connectivity index (χ4v) is 3.09. The molecule has 0 saturated carbocycles. The van der Waals surface area contributed by atoms with Gasteiger partial charge in [0.15, 0.2) is 0 Å². The summed E-state index contributed by atoms with van der Waals surface area (Å²) in [6.07, 6.45) is -0.0989. The third-order valence-electron chi connectivity index (χ3n) is 4.40. The molecular formula is C17H27Cl2N3O3. The second-order valence-corrected chi connectivity index (χ2v) is 5.95. The van der Waals surface area contributed by atoms with Crippen molar-refractivity contribution in [2.75, 3.05) is 44.4 Å². The smallest absolute Gasteiger partial charge is 0.240 e. The molecule has 2 fully saturated rings. The van der Waals surface area contributed by atoms with E-state index in [1.807, 2.05) is 19.1 Å². The zero-order chi connectivity index (χ0) is 16.1. The van der Waals surface area contributed by atoms with Crippen molar-refractivity contribution in [2.24, 2.45) is 0 Å². The van der Waals surface area contributed by atoms with Crippen molar-refractivity contribution < 1.29 is 14.3 Å². The van der Waals surface area contributed by atoms with Crippen LogP contribution in [0.25, 0.3) is 0 Å². The number of halogens is 2. The van der Waals surface area contributed by atoms with Crippen molar-refractivity contribution in [3.8, 4) is 0 Å². The second kappa shape index (κ2) is 10.8. The minimum absolute atomic E-state index is 0. The summed E-state index contributed by atoms with van der Waals surface area (Å²) in [5, 5.41) is 6.26. The summed E-state index contributed by atoms with van der Waals surface area (Å²) in [6, 6.07) is 7.95. The summed E-state index contributed by atoms with van der Waals surface area (Å²) >= 11 is 0. The van der Waals surface area contributed by atoms with Crippen LogP contribution in [0.5, 0.6) is 0 Å². The molecule has 1 aromatic carbocycles. The van der Waals surface area contributed by atoms with Crippen LogP contribution in [0.15, 0.2) is 24.3 Å². The zero-order valence-electron chi connectivity index (χ0n) is 14.4. The first kappa shape index (κ1) is 22.0. The molecule has 0 unspecified atom stereocenters. The van der Waals surface area contributed by atoms with Crippen molar-refractivity contribution in [2.45, 2.75) is 25.6 Å². The molecule has 0 radical (unpaired) electrons. The lowest BCUT2D eigenvalue weighted by molar-refractivity contribution is -0.129. The fourth-order valence-electron chi connectivity index (χ4n) is 3.09. The Labute approximate surface area is 161 Å². The first-order chi connectivity index (χ1) is 11.3. The Morgan fingerprint density at radius 3 is 2.68 bits per heavy atom. The molecule has 1 amide bonds. The van der Waals surface area contributed by atoms with Crippen LogP contribution in [0.1, 0.15) is 12.5 Å².